The number of carbonyl (C=O) groups is 2. The number of hydrogen-bond acceptors (Lipinski definition) is 4. The van der Waals surface area contributed by atoms with Gasteiger partial charge < -0.3 is 19.7 Å². The minimum Gasteiger partial charge on any atom is -0.488 e. The monoisotopic (exact) mass is 1120 g/mol. The number of carboxylic acid groups (broad SMARTS) is 2. The Labute approximate surface area is 503 Å². The van der Waals surface area contributed by atoms with Gasteiger partial charge in [-0.3, -0.25) is 0 Å². The van der Waals surface area contributed by atoms with E-state index in [0.717, 1.165) is 110 Å². The molecular formula is C81H54O6. The molecule has 0 unspecified atom stereocenters. The highest BCUT2D eigenvalue weighted by molar-refractivity contribution is 6.05. The van der Waals surface area contributed by atoms with Gasteiger partial charge in [-0.05, 0) is 170 Å². The third kappa shape index (κ3) is 9.23. The van der Waals surface area contributed by atoms with Crippen LogP contribution in [0, 0.1) is 0 Å². The fourth-order valence-corrected chi connectivity index (χ4v) is 13.4. The Balaban J connectivity index is 0.851. The van der Waals surface area contributed by atoms with Crippen molar-refractivity contribution < 1.29 is 29.3 Å². The summed E-state index contributed by atoms with van der Waals surface area (Å²) >= 11 is 0. The van der Waals surface area contributed by atoms with Gasteiger partial charge in [-0.1, -0.05) is 243 Å². The number of ether oxygens (including phenoxy) is 2. The normalized spacial score (nSPS) is 12.3. The van der Waals surface area contributed by atoms with Crippen LogP contribution < -0.4 is 9.47 Å². The van der Waals surface area contributed by atoms with Crippen LogP contribution in [0.15, 0.2) is 291 Å². The Morgan fingerprint density at radius 1 is 0.310 bits per heavy atom. The molecule has 15 rings (SSSR count). The van der Waals surface area contributed by atoms with E-state index in [-0.39, 0.29) is 11.1 Å². The van der Waals surface area contributed by atoms with Crippen molar-refractivity contribution in [2.45, 2.75) is 18.6 Å². The third-order valence-electron chi connectivity index (χ3n) is 17.5. The minimum absolute atomic E-state index is 0.263. The van der Waals surface area contributed by atoms with E-state index in [1.165, 1.54) is 22.3 Å². The first-order valence-electron chi connectivity index (χ1n) is 29.2. The number of carboxylic acids is 2. The Kier molecular flexibility index (Phi) is 13.1. The molecule has 0 saturated carbocycles. The van der Waals surface area contributed by atoms with Gasteiger partial charge in [-0.15, -0.1) is 0 Å². The van der Waals surface area contributed by atoms with Gasteiger partial charge in [0.1, 0.15) is 24.7 Å². The average Bonchev–Trinajstić information content (AvgIpc) is 1.68. The number of aromatic carboxylic acids is 2. The van der Waals surface area contributed by atoms with Crippen LogP contribution in [0.3, 0.4) is 0 Å². The molecule has 0 heterocycles. The van der Waals surface area contributed by atoms with E-state index in [1.807, 2.05) is 72.8 Å². The zero-order chi connectivity index (χ0) is 58.6. The molecular weight excluding hydrogens is 1070 g/mol. The third-order valence-corrected chi connectivity index (χ3v) is 17.5. The van der Waals surface area contributed by atoms with Crippen molar-refractivity contribution in [2.24, 2.45) is 0 Å². The SMILES string of the molecule is O=C(O)c1ccccc1-c1ccc(COc2ccc3cc(C4(c5ccc6c(-c7ccc8ccccc8c7)c(OCc7ccc(-c8ccccc8C(=O)O)cc7)ccc6c5)c5ccccc5-c5ccccc54)ccc3c2-c2ccc3ccccc3c2)cc1. The first-order chi connectivity index (χ1) is 42.8. The lowest BCUT2D eigenvalue weighted by Gasteiger charge is -2.34. The second-order valence-corrected chi connectivity index (χ2v) is 22.4. The van der Waals surface area contributed by atoms with Crippen LogP contribution >= 0.6 is 0 Å². The van der Waals surface area contributed by atoms with Gasteiger partial charge in [0.05, 0.1) is 16.5 Å². The largest absolute Gasteiger partial charge is 0.488 e. The summed E-state index contributed by atoms with van der Waals surface area (Å²) < 4.78 is 13.8. The Morgan fingerprint density at radius 3 is 1.09 bits per heavy atom. The zero-order valence-corrected chi connectivity index (χ0v) is 47.2. The summed E-state index contributed by atoms with van der Waals surface area (Å²) in [6, 6.07) is 100. The van der Waals surface area contributed by atoms with Gasteiger partial charge in [-0.2, -0.15) is 0 Å². The second kappa shape index (κ2) is 21.7. The first kappa shape index (κ1) is 52.5. The molecule has 0 amide bonds. The molecule has 414 valence electrons. The molecule has 0 spiro atoms. The van der Waals surface area contributed by atoms with E-state index >= 15 is 0 Å². The van der Waals surface area contributed by atoms with Gasteiger partial charge in [-0.25, -0.2) is 9.59 Å². The van der Waals surface area contributed by atoms with Crippen LogP contribution in [-0.2, 0) is 18.6 Å². The summed E-state index contributed by atoms with van der Waals surface area (Å²) in [4.78, 5) is 24.2. The van der Waals surface area contributed by atoms with E-state index in [1.54, 1.807) is 24.3 Å². The van der Waals surface area contributed by atoms with Crippen LogP contribution in [-0.4, -0.2) is 22.2 Å². The lowest BCUT2D eigenvalue weighted by molar-refractivity contribution is 0.0687. The Bertz CT molecular complexity index is 4740. The molecule has 0 atom stereocenters. The quantitative estimate of drug-likeness (QED) is 0.113. The van der Waals surface area contributed by atoms with E-state index < -0.39 is 17.4 Å². The summed E-state index contributed by atoms with van der Waals surface area (Å²) in [5.74, 6) is -0.400. The van der Waals surface area contributed by atoms with Crippen molar-refractivity contribution in [3.05, 3.63) is 336 Å². The summed E-state index contributed by atoms with van der Waals surface area (Å²) in [6.07, 6.45) is 0. The van der Waals surface area contributed by atoms with Crippen LogP contribution in [0.4, 0.5) is 0 Å². The van der Waals surface area contributed by atoms with Gasteiger partial charge >= 0.3 is 11.9 Å². The summed E-state index contributed by atoms with van der Waals surface area (Å²) in [5, 5.41) is 28.7. The molecule has 14 aromatic carbocycles. The maximum atomic E-state index is 12.1. The van der Waals surface area contributed by atoms with Gasteiger partial charge in [0.2, 0.25) is 0 Å². The van der Waals surface area contributed by atoms with E-state index in [0.29, 0.717) is 24.3 Å². The minimum atomic E-state index is -0.959. The molecule has 6 heteroatoms. The average molecular weight is 1120 g/mol. The fraction of sp³-hybridized carbons (Fsp3) is 0.0370. The van der Waals surface area contributed by atoms with Crippen LogP contribution in [0.2, 0.25) is 0 Å². The number of hydrogen-bond donors (Lipinski definition) is 2. The van der Waals surface area contributed by atoms with E-state index in [2.05, 4.69) is 194 Å². The maximum absolute atomic E-state index is 12.1. The molecule has 1 aliphatic rings. The molecule has 2 N–H and O–H groups in total. The van der Waals surface area contributed by atoms with Crippen molar-refractivity contribution in [3.8, 4) is 67.1 Å². The van der Waals surface area contributed by atoms with E-state index in [4.69, 9.17) is 9.47 Å². The standard InChI is InChI=1S/C81H54O6/c82-79(83)71-21-7-5-17-65(71)55-29-25-51(26-30-55)49-86-75-43-37-59-47-63(39-41-67(59)77(75)61-35-33-53-13-1-3-15-57(53)45-61)81(73-23-11-9-19-69(73)70-20-10-12-24-74(70)81)64-40-42-68-60(48-64)38-44-76(78(68)62-36-34-54-14-2-4-16-58(54)46-62)87-50-52-27-31-56(32-28-52)66-18-6-8-22-72(66)80(84)85/h1-48H,49-50H2,(H,82,83)(H,84,85). The summed E-state index contributed by atoms with van der Waals surface area (Å²) in [5.41, 5.74) is 15.9. The maximum Gasteiger partial charge on any atom is 0.336 e. The Hall–Kier alpha value is -11.3. The predicted octanol–water partition coefficient (Wildman–Crippen LogP) is 19.9. The lowest BCUT2D eigenvalue weighted by Crippen LogP contribution is -2.28. The number of fused-ring (bicyclic) bond motifs is 7. The van der Waals surface area contributed by atoms with Gasteiger partial charge in [0.15, 0.2) is 0 Å². The number of benzene rings is 14. The highest BCUT2D eigenvalue weighted by Crippen LogP contribution is 2.57. The topological polar surface area (TPSA) is 93.1 Å². The lowest BCUT2D eigenvalue weighted by atomic mass is 9.67. The summed E-state index contributed by atoms with van der Waals surface area (Å²) in [7, 11) is 0. The van der Waals surface area contributed by atoms with Crippen LogP contribution in [0.25, 0.3) is 98.7 Å². The molecule has 14 aromatic rings. The first-order valence-corrected chi connectivity index (χ1v) is 29.2. The van der Waals surface area contributed by atoms with Crippen molar-refractivity contribution in [3.63, 3.8) is 0 Å². The highest BCUT2D eigenvalue weighted by atomic mass is 16.5. The van der Waals surface area contributed by atoms with E-state index in [9.17, 15) is 19.8 Å². The van der Waals surface area contributed by atoms with Gasteiger partial charge in [0, 0.05) is 11.1 Å². The molecule has 0 bridgehead atoms. The van der Waals surface area contributed by atoms with Crippen LogP contribution in [0.1, 0.15) is 54.1 Å². The highest BCUT2D eigenvalue weighted by Gasteiger charge is 2.46. The molecule has 0 fully saturated rings. The molecule has 1 aliphatic carbocycles. The van der Waals surface area contributed by atoms with Gasteiger partial charge in [0.25, 0.3) is 0 Å². The molecule has 0 aromatic heterocycles. The molecule has 0 radical (unpaired) electrons. The predicted molar refractivity (Wildman–Crippen MR) is 351 cm³/mol. The fourth-order valence-electron chi connectivity index (χ4n) is 13.4. The molecule has 87 heavy (non-hydrogen) atoms. The smallest absolute Gasteiger partial charge is 0.336 e. The van der Waals surface area contributed by atoms with Crippen molar-refractivity contribution in [1.29, 1.82) is 0 Å². The number of rotatable bonds is 14. The van der Waals surface area contributed by atoms with Crippen LogP contribution in [0.5, 0.6) is 11.5 Å². The van der Waals surface area contributed by atoms with Crippen molar-refractivity contribution in [1.82, 2.24) is 0 Å². The van der Waals surface area contributed by atoms with Crippen molar-refractivity contribution in [2.75, 3.05) is 0 Å². The molecule has 0 saturated heterocycles. The second-order valence-electron chi connectivity index (χ2n) is 22.4. The summed E-state index contributed by atoms with van der Waals surface area (Å²) in [6.45, 7) is 0.613. The zero-order valence-electron chi connectivity index (χ0n) is 47.2. The molecule has 6 nitrogen and oxygen atoms in total. The van der Waals surface area contributed by atoms with Crippen molar-refractivity contribution >= 4 is 55.0 Å². The Morgan fingerprint density at radius 2 is 0.667 bits per heavy atom. The molecule has 0 aliphatic heterocycles.